The molecule has 0 aromatic carbocycles. The molecular formula is C20H37N3O. The Kier molecular flexibility index (Phi) is 7.30. The fourth-order valence-electron chi connectivity index (χ4n) is 3.90. The number of fused-ring (bicyclic) bond motifs is 1. The molecule has 4 heteroatoms. The van der Waals surface area contributed by atoms with Gasteiger partial charge in [0.15, 0.2) is 0 Å². The lowest BCUT2D eigenvalue weighted by atomic mass is 10.1. The Morgan fingerprint density at radius 2 is 1.79 bits per heavy atom. The van der Waals surface area contributed by atoms with Crippen LogP contribution in [0.4, 0.5) is 0 Å². The van der Waals surface area contributed by atoms with Gasteiger partial charge in [-0.25, -0.2) is 0 Å². The lowest BCUT2D eigenvalue weighted by Crippen LogP contribution is -2.52. The van der Waals surface area contributed by atoms with Gasteiger partial charge in [0.2, 0.25) is 0 Å². The van der Waals surface area contributed by atoms with Gasteiger partial charge < -0.3 is 4.74 Å². The Bertz CT molecular complexity index is 471. The first-order chi connectivity index (χ1) is 11.6. The molecule has 2 aliphatic carbocycles. The summed E-state index contributed by atoms with van der Waals surface area (Å²) in [5, 5.41) is 4.23. The molecule has 4 rings (SSSR count). The van der Waals surface area contributed by atoms with Crippen molar-refractivity contribution in [3.63, 3.8) is 0 Å². The lowest BCUT2D eigenvalue weighted by molar-refractivity contribution is -0.0781. The van der Waals surface area contributed by atoms with Crippen LogP contribution in [0.1, 0.15) is 65.6 Å². The van der Waals surface area contributed by atoms with E-state index in [0.717, 1.165) is 42.8 Å². The van der Waals surface area contributed by atoms with Crippen molar-refractivity contribution < 1.29 is 4.74 Å². The molecule has 1 aliphatic heterocycles. The van der Waals surface area contributed by atoms with E-state index in [1.54, 1.807) is 0 Å². The molecule has 3 fully saturated rings. The predicted molar refractivity (Wildman–Crippen MR) is 100 cm³/mol. The van der Waals surface area contributed by atoms with Crippen LogP contribution < -0.4 is 0 Å². The largest absolute Gasteiger partial charge is 0.378 e. The molecule has 2 saturated carbocycles. The minimum absolute atomic E-state index is 0.485. The van der Waals surface area contributed by atoms with E-state index in [0.29, 0.717) is 6.04 Å². The minimum atomic E-state index is 0.485. The van der Waals surface area contributed by atoms with E-state index < -0.39 is 0 Å². The fraction of sp³-hybridized carbons (Fsp3) is 0.850. The highest BCUT2D eigenvalue weighted by molar-refractivity contribution is 5.01. The summed E-state index contributed by atoms with van der Waals surface area (Å²) in [5.74, 6) is 2.22. The Balaban J connectivity index is 0.000000167. The van der Waals surface area contributed by atoms with E-state index in [4.69, 9.17) is 4.74 Å². The Labute approximate surface area is 148 Å². The van der Waals surface area contributed by atoms with Gasteiger partial charge in [-0.05, 0) is 64.5 Å². The summed E-state index contributed by atoms with van der Waals surface area (Å²) in [6.45, 7) is 15.7. The number of aromatic nitrogens is 2. The zero-order valence-corrected chi connectivity index (χ0v) is 16.5. The average molecular weight is 336 g/mol. The maximum atomic E-state index is 5.27. The lowest BCUT2D eigenvalue weighted by Gasteiger charge is -2.41. The monoisotopic (exact) mass is 335 g/mol. The molecule has 0 N–H and O–H groups in total. The van der Waals surface area contributed by atoms with Crippen molar-refractivity contribution in [1.29, 1.82) is 0 Å². The van der Waals surface area contributed by atoms with Crippen molar-refractivity contribution in [3.8, 4) is 0 Å². The van der Waals surface area contributed by atoms with Gasteiger partial charge in [-0.2, -0.15) is 5.10 Å². The van der Waals surface area contributed by atoms with Gasteiger partial charge in [0.25, 0.3) is 0 Å². The van der Waals surface area contributed by atoms with Gasteiger partial charge in [-0.15, -0.1) is 0 Å². The van der Waals surface area contributed by atoms with Crippen LogP contribution in [0.25, 0.3) is 0 Å². The molecule has 0 radical (unpaired) electrons. The van der Waals surface area contributed by atoms with Crippen molar-refractivity contribution in [3.05, 3.63) is 18.0 Å². The summed E-state index contributed by atoms with van der Waals surface area (Å²) in [6, 6.07) is 4.16. The second-order valence-corrected chi connectivity index (χ2v) is 7.43. The van der Waals surface area contributed by atoms with E-state index in [1.807, 2.05) is 37.7 Å². The third-order valence-electron chi connectivity index (χ3n) is 5.41. The second kappa shape index (κ2) is 9.00. The van der Waals surface area contributed by atoms with Crippen molar-refractivity contribution in [2.45, 2.75) is 78.9 Å². The first-order valence-corrected chi connectivity index (χ1v) is 9.93. The Morgan fingerprint density at radius 1 is 1.17 bits per heavy atom. The highest BCUT2D eigenvalue weighted by Crippen LogP contribution is 2.53. The molecule has 0 bridgehead atoms. The van der Waals surface area contributed by atoms with Gasteiger partial charge in [0, 0.05) is 18.3 Å². The van der Waals surface area contributed by atoms with Crippen molar-refractivity contribution in [1.82, 2.24) is 14.7 Å². The van der Waals surface area contributed by atoms with Crippen molar-refractivity contribution in [2.75, 3.05) is 19.8 Å². The number of ether oxygens (including phenoxy) is 1. The second-order valence-electron chi connectivity index (χ2n) is 7.43. The summed E-state index contributed by atoms with van der Waals surface area (Å²) in [5.41, 5.74) is 1.09. The van der Waals surface area contributed by atoms with Crippen LogP contribution >= 0.6 is 0 Å². The number of nitrogens with zero attached hydrogens (tertiary/aromatic N) is 3. The zero-order chi connectivity index (χ0) is 17.7. The fourth-order valence-corrected chi connectivity index (χ4v) is 3.90. The molecule has 0 amide bonds. The van der Waals surface area contributed by atoms with E-state index in [9.17, 15) is 0 Å². The molecule has 1 aromatic heterocycles. The van der Waals surface area contributed by atoms with Crippen molar-refractivity contribution >= 4 is 0 Å². The highest BCUT2D eigenvalue weighted by atomic mass is 16.5. The van der Waals surface area contributed by atoms with E-state index >= 15 is 0 Å². The van der Waals surface area contributed by atoms with Crippen LogP contribution in [-0.2, 0) is 4.74 Å². The number of hydrogen-bond acceptors (Lipinski definition) is 3. The normalized spacial score (nSPS) is 27.8. The molecule has 138 valence electrons. The SMILES string of the molecule is CC.CCN(C1COC1)C1CC2C[C@H]2C1.Cc1ccn(C(C)C)n1. The number of rotatable bonds is 4. The molecule has 3 atom stereocenters. The molecule has 1 saturated heterocycles. The molecular weight excluding hydrogens is 298 g/mol. The summed E-state index contributed by atoms with van der Waals surface area (Å²) < 4.78 is 7.23. The van der Waals surface area contributed by atoms with Crippen LogP contribution in [0.3, 0.4) is 0 Å². The molecule has 0 spiro atoms. The van der Waals surface area contributed by atoms with Gasteiger partial charge in [0.1, 0.15) is 0 Å². The molecule has 1 aromatic rings. The summed E-state index contributed by atoms with van der Waals surface area (Å²) in [7, 11) is 0. The summed E-state index contributed by atoms with van der Waals surface area (Å²) in [4.78, 5) is 2.69. The quantitative estimate of drug-likeness (QED) is 0.821. The number of likely N-dealkylation sites (N-methyl/N-ethyl adjacent to an activating group) is 1. The zero-order valence-electron chi connectivity index (χ0n) is 16.5. The van der Waals surface area contributed by atoms with Gasteiger partial charge in [0.05, 0.1) is 24.9 Å². The van der Waals surface area contributed by atoms with Gasteiger partial charge in [-0.1, -0.05) is 20.8 Å². The van der Waals surface area contributed by atoms with Crippen LogP contribution in [0, 0.1) is 18.8 Å². The molecule has 4 nitrogen and oxygen atoms in total. The summed E-state index contributed by atoms with van der Waals surface area (Å²) >= 11 is 0. The number of hydrogen-bond donors (Lipinski definition) is 0. The third-order valence-corrected chi connectivity index (χ3v) is 5.41. The highest BCUT2D eigenvalue weighted by Gasteiger charge is 2.48. The minimum Gasteiger partial charge on any atom is -0.378 e. The Hall–Kier alpha value is -0.870. The third kappa shape index (κ3) is 4.82. The first-order valence-electron chi connectivity index (χ1n) is 9.93. The van der Waals surface area contributed by atoms with Crippen LogP contribution in [0.2, 0.25) is 0 Å². The Morgan fingerprint density at radius 3 is 2.12 bits per heavy atom. The maximum Gasteiger partial charge on any atom is 0.0645 e. The van der Waals surface area contributed by atoms with Crippen LogP contribution in [0.15, 0.2) is 12.3 Å². The summed E-state index contributed by atoms with van der Waals surface area (Å²) in [6.07, 6.45) is 6.50. The van der Waals surface area contributed by atoms with Crippen molar-refractivity contribution in [2.24, 2.45) is 11.8 Å². The predicted octanol–water partition coefficient (Wildman–Crippen LogP) is 4.30. The van der Waals surface area contributed by atoms with E-state index in [2.05, 4.69) is 30.8 Å². The van der Waals surface area contributed by atoms with Crippen LogP contribution in [0.5, 0.6) is 0 Å². The molecule has 2 unspecified atom stereocenters. The molecule has 2 heterocycles. The molecule has 3 aliphatic rings. The van der Waals surface area contributed by atoms with E-state index in [1.165, 1.54) is 25.8 Å². The van der Waals surface area contributed by atoms with Gasteiger partial charge >= 0.3 is 0 Å². The average Bonchev–Trinajstić information content (AvgIpc) is 2.94. The first kappa shape index (κ1) is 19.5. The molecule has 24 heavy (non-hydrogen) atoms. The number of aryl methyl sites for hydroxylation is 1. The maximum absolute atomic E-state index is 5.27. The smallest absolute Gasteiger partial charge is 0.0645 e. The standard InChI is InChI=1S/C11H19NO.C7H12N2.C2H6/c1-2-12(11-6-13-7-11)10-4-8-3-9(8)5-10;1-6(2)9-5-4-7(3)8-9;1-2/h8-11H,2-7H2,1H3;4-6H,1-3H3;1-2H3/t8-,9?,10?;;/m0../s1. The van der Waals surface area contributed by atoms with Gasteiger partial charge in [-0.3, -0.25) is 9.58 Å². The van der Waals surface area contributed by atoms with Crippen LogP contribution in [-0.4, -0.2) is 46.5 Å². The van der Waals surface area contributed by atoms with E-state index in [-0.39, 0.29) is 0 Å². The topological polar surface area (TPSA) is 30.3 Å².